The number of amides is 1. The second-order valence-electron chi connectivity index (χ2n) is 4.43. The highest BCUT2D eigenvalue weighted by Crippen LogP contribution is 2.24. The third-order valence-corrected chi connectivity index (χ3v) is 2.89. The lowest BCUT2D eigenvalue weighted by Gasteiger charge is -2.10. The molecule has 1 amide bonds. The van der Waals surface area contributed by atoms with Gasteiger partial charge in [0, 0.05) is 18.8 Å². The quantitative estimate of drug-likeness (QED) is 0.683. The van der Waals surface area contributed by atoms with Gasteiger partial charge in [0.2, 0.25) is 5.91 Å². The van der Waals surface area contributed by atoms with Crippen LogP contribution >= 0.6 is 0 Å². The molecule has 1 unspecified atom stereocenters. The molecule has 0 bridgehead atoms. The number of aliphatic hydroxyl groups is 1. The van der Waals surface area contributed by atoms with Crippen molar-refractivity contribution in [1.29, 1.82) is 0 Å². The van der Waals surface area contributed by atoms with Crippen molar-refractivity contribution < 1.29 is 9.90 Å². The van der Waals surface area contributed by atoms with E-state index in [9.17, 15) is 4.79 Å². The fourth-order valence-corrected chi connectivity index (χ4v) is 1.96. The smallest absolute Gasteiger partial charge is 0.243 e. The first-order chi connectivity index (χ1) is 8.10. The number of fused-ring (bicyclic) bond motifs is 1. The lowest BCUT2D eigenvalue weighted by atomic mass is 10.1. The summed E-state index contributed by atoms with van der Waals surface area (Å²) in [5.74, 6) is -0.362. The molecule has 1 aliphatic heterocycles. The molecular formula is C12H17N3O2. The number of aliphatic hydroxyl groups excluding tert-OH is 1. The number of hydrogen-bond acceptors (Lipinski definition) is 4. The monoisotopic (exact) mass is 235 g/mol. The lowest BCUT2D eigenvalue weighted by molar-refractivity contribution is -0.118. The molecule has 1 aliphatic rings. The number of nitrogens with one attached hydrogen (secondary N) is 1. The first kappa shape index (κ1) is 12.0. The Bertz CT molecular complexity index is 434. The molecule has 1 atom stereocenters. The maximum atomic E-state index is 11.5. The Labute approximate surface area is 100 Å². The molecule has 1 heterocycles. The highest BCUT2D eigenvalue weighted by molar-refractivity contribution is 5.94. The van der Waals surface area contributed by atoms with E-state index in [0.717, 1.165) is 18.8 Å². The molecular weight excluding hydrogens is 218 g/mol. The zero-order chi connectivity index (χ0) is 12.4. The molecule has 0 aromatic heterocycles. The summed E-state index contributed by atoms with van der Waals surface area (Å²) in [7, 11) is 2.06. The molecule has 2 rings (SSSR count). The standard InChI is InChI=1S/C12H17N3O2/c1-15-5-8-2-3-10(4-9(8)6-15)14-12(17)11(13)7-16/h2-4,11,16H,5-7,13H2,1H3,(H,14,17). The molecule has 4 N–H and O–H groups in total. The number of carbonyl (C=O) groups is 1. The molecule has 1 aromatic carbocycles. The van der Waals surface area contributed by atoms with E-state index in [0.29, 0.717) is 0 Å². The second kappa shape index (κ2) is 4.83. The molecule has 17 heavy (non-hydrogen) atoms. The van der Waals surface area contributed by atoms with E-state index < -0.39 is 6.04 Å². The van der Waals surface area contributed by atoms with Crippen molar-refractivity contribution in [2.45, 2.75) is 19.1 Å². The van der Waals surface area contributed by atoms with Gasteiger partial charge in [-0.1, -0.05) is 6.07 Å². The maximum absolute atomic E-state index is 11.5. The van der Waals surface area contributed by atoms with Crippen LogP contribution < -0.4 is 11.1 Å². The van der Waals surface area contributed by atoms with Gasteiger partial charge in [-0.25, -0.2) is 0 Å². The van der Waals surface area contributed by atoms with E-state index in [4.69, 9.17) is 10.8 Å². The van der Waals surface area contributed by atoms with E-state index in [1.54, 1.807) is 0 Å². The van der Waals surface area contributed by atoms with Gasteiger partial charge in [-0.3, -0.25) is 9.69 Å². The number of anilines is 1. The van der Waals surface area contributed by atoms with Crippen molar-refractivity contribution in [3.63, 3.8) is 0 Å². The van der Waals surface area contributed by atoms with Crippen molar-refractivity contribution >= 4 is 11.6 Å². The molecule has 0 radical (unpaired) electrons. The number of hydrogen-bond donors (Lipinski definition) is 3. The van der Waals surface area contributed by atoms with E-state index in [2.05, 4.69) is 17.3 Å². The molecule has 0 fully saturated rings. The first-order valence-corrected chi connectivity index (χ1v) is 5.58. The van der Waals surface area contributed by atoms with Crippen LogP contribution in [-0.4, -0.2) is 35.6 Å². The Morgan fingerprint density at radius 2 is 2.24 bits per heavy atom. The van der Waals surface area contributed by atoms with Crippen molar-refractivity contribution in [3.8, 4) is 0 Å². The van der Waals surface area contributed by atoms with E-state index >= 15 is 0 Å². The van der Waals surface area contributed by atoms with Crippen LogP contribution in [0.1, 0.15) is 11.1 Å². The lowest BCUT2D eigenvalue weighted by Crippen LogP contribution is -2.38. The molecule has 5 nitrogen and oxygen atoms in total. The van der Waals surface area contributed by atoms with Gasteiger partial charge in [-0.2, -0.15) is 0 Å². The number of rotatable bonds is 3. The Balaban J connectivity index is 2.09. The number of nitrogens with zero attached hydrogens (tertiary/aromatic N) is 1. The fourth-order valence-electron chi connectivity index (χ4n) is 1.96. The number of carbonyl (C=O) groups excluding carboxylic acids is 1. The highest BCUT2D eigenvalue weighted by Gasteiger charge is 2.17. The van der Waals surface area contributed by atoms with Crippen LogP contribution in [0.15, 0.2) is 18.2 Å². The summed E-state index contributed by atoms with van der Waals surface area (Å²) in [5.41, 5.74) is 8.67. The fraction of sp³-hybridized carbons (Fsp3) is 0.417. The third-order valence-electron chi connectivity index (χ3n) is 2.89. The number of nitrogens with two attached hydrogens (primary N) is 1. The SMILES string of the molecule is CN1Cc2ccc(NC(=O)C(N)CO)cc2C1. The van der Waals surface area contributed by atoms with Crippen molar-refractivity contribution in [2.75, 3.05) is 19.0 Å². The Morgan fingerprint density at radius 3 is 2.94 bits per heavy atom. The minimum atomic E-state index is -0.870. The molecule has 92 valence electrons. The number of benzene rings is 1. The molecule has 0 spiro atoms. The Kier molecular flexibility index (Phi) is 3.42. The minimum absolute atomic E-state index is 0.348. The summed E-state index contributed by atoms with van der Waals surface area (Å²) in [6, 6.07) is 4.96. The molecule has 1 aromatic rings. The molecule has 5 heteroatoms. The van der Waals surface area contributed by atoms with Crippen molar-refractivity contribution in [3.05, 3.63) is 29.3 Å². The average Bonchev–Trinajstić information content (AvgIpc) is 2.67. The second-order valence-corrected chi connectivity index (χ2v) is 4.43. The highest BCUT2D eigenvalue weighted by atomic mass is 16.3. The maximum Gasteiger partial charge on any atom is 0.243 e. The largest absolute Gasteiger partial charge is 0.394 e. The van der Waals surface area contributed by atoms with Crippen molar-refractivity contribution in [1.82, 2.24) is 4.90 Å². The van der Waals surface area contributed by atoms with Gasteiger partial charge in [0.15, 0.2) is 0 Å². The zero-order valence-corrected chi connectivity index (χ0v) is 9.81. The predicted octanol–water partition coefficient (Wildman–Crippen LogP) is -0.110. The minimum Gasteiger partial charge on any atom is -0.394 e. The topological polar surface area (TPSA) is 78.6 Å². The van der Waals surface area contributed by atoms with E-state index in [1.165, 1.54) is 11.1 Å². The van der Waals surface area contributed by atoms with Crippen LogP contribution in [0.25, 0.3) is 0 Å². The van der Waals surface area contributed by atoms with Crippen LogP contribution in [0.3, 0.4) is 0 Å². The molecule has 0 aliphatic carbocycles. The zero-order valence-electron chi connectivity index (χ0n) is 9.81. The van der Waals surface area contributed by atoms with Gasteiger partial charge >= 0.3 is 0 Å². The average molecular weight is 235 g/mol. The van der Waals surface area contributed by atoms with Gasteiger partial charge in [0.05, 0.1) is 6.61 Å². The van der Waals surface area contributed by atoms with Gasteiger partial charge in [0.25, 0.3) is 0 Å². The van der Waals surface area contributed by atoms with Crippen LogP contribution in [0.2, 0.25) is 0 Å². The van der Waals surface area contributed by atoms with E-state index in [1.807, 2.05) is 18.2 Å². The Hall–Kier alpha value is -1.43. The van der Waals surface area contributed by atoms with Crippen LogP contribution in [0.5, 0.6) is 0 Å². The molecule has 0 saturated heterocycles. The van der Waals surface area contributed by atoms with Gasteiger partial charge in [-0.15, -0.1) is 0 Å². The summed E-state index contributed by atoms with van der Waals surface area (Å²) < 4.78 is 0. The first-order valence-electron chi connectivity index (χ1n) is 5.58. The molecule has 0 saturated carbocycles. The van der Waals surface area contributed by atoms with Crippen LogP contribution in [0, 0.1) is 0 Å². The van der Waals surface area contributed by atoms with Gasteiger partial charge < -0.3 is 16.2 Å². The van der Waals surface area contributed by atoms with Crippen LogP contribution in [-0.2, 0) is 17.9 Å². The summed E-state index contributed by atoms with van der Waals surface area (Å²) in [6.45, 7) is 1.49. The summed E-state index contributed by atoms with van der Waals surface area (Å²) in [4.78, 5) is 13.7. The summed E-state index contributed by atoms with van der Waals surface area (Å²) >= 11 is 0. The third kappa shape index (κ3) is 2.63. The summed E-state index contributed by atoms with van der Waals surface area (Å²) in [5, 5.41) is 11.5. The summed E-state index contributed by atoms with van der Waals surface area (Å²) in [6.07, 6.45) is 0. The van der Waals surface area contributed by atoms with Gasteiger partial charge in [-0.05, 0) is 30.3 Å². The van der Waals surface area contributed by atoms with Crippen molar-refractivity contribution in [2.24, 2.45) is 5.73 Å². The Morgan fingerprint density at radius 1 is 1.53 bits per heavy atom. The normalized spacial score (nSPS) is 16.6. The van der Waals surface area contributed by atoms with Crippen LogP contribution in [0.4, 0.5) is 5.69 Å². The predicted molar refractivity (Wildman–Crippen MR) is 65.3 cm³/mol. The van der Waals surface area contributed by atoms with Gasteiger partial charge in [0.1, 0.15) is 6.04 Å². The van der Waals surface area contributed by atoms with E-state index in [-0.39, 0.29) is 12.5 Å².